The van der Waals surface area contributed by atoms with Gasteiger partial charge in [-0.05, 0) is 19.3 Å². The van der Waals surface area contributed by atoms with Crippen molar-refractivity contribution in [3.63, 3.8) is 0 Å². The van der Waals surface area contributed by atoms with Crippen LogP contribution in [0.15, 0.2) is 6.07 Å². The number of ether oxygens (including phenoxy) is 1. The number of aliphatic hydroxyl groups is 1. The Kier molecular flexibility index (Phi) is 7.25. The maximum absolute atomic E-state index is 9.19. The zero-order valence-corrected chi connectivity index (χ0v) is 12.8. The fourth-order valence-electron chi connectivity index (χ4n) is 1.64. The van der Waals surface area contributed by atoms with E-state index in [0.29, 0.717) is 12.4 Å². The second kappa shape index (κ2) is 8.71. The summed E-state index contributed by atoms with van der Waals surface area (Å²) in [4.78, 5) is 8.82. The van der Waals surface area contributed by atoms with E-state index in [2.05, 4.69) is 27.5 Å². The Bertz CT molecular complexity index is 401. The van der Waals surface area contributed by atoms with Crippen LogP contribution in [0.5, 0.6) is 0 Å². The van der Waals surface area contributed by atoms with Gasteiger partial charge in [-0.3, -0.25) is 0 Å². The highest BCUT2D eigenvalue weighted by atomic mass is 16.5. The average molecular weight is 282 g/mol. The van der Waals surface area contributed by atoms with Crippen LogP contribution in [0.4, 0.5) is 11.6 Å². The number of rotatable bonds is 9. The fraction of sp³-hybridized carbons (Fsp3) is 0.714. The maximum Gasteiger partial charge on any atom is 0.158 e. The van der Waals surface area contributed by atoms with Gasteiger partial charge >= 0.3 is 0 Å². The first-order valence-electron chi connectivity index (χ1n) is 7.08. The first kappa shape index (κ1) is 16.7. The zero-order valence-electron chi connectivity index (χ0n) is 12.8. The van der Waals surface area contributed by atoms with Crippen LogP contribution in [0.25, 0.3) is 0 Å². The van der Waals surface area contributed by atoms with E-state index in [1.165, 1.54) is 0 Å². The van der Waals surface area contributed by atoms with Crippen molar-refractivity contribution < 1.29 is 9.84 Å². The average Bonchev–Trinajstić information content (AvgIpc) is 2.44. The lowest BCUT2D eigenvalue weighted by molar-refractivity contribution is 0.178. The molecule has 2 unspecified atom stereocenters. The van der Waals surface area contributed by atoms with Crippen molar-refractivity contribution in [3.05, 3.63) is 11.9 Å². The Morgan fingerprint density at radius 1 is 1.30 bits per heavy atom. The van der Waals surface area contributed by atoms with Gasteiger partial charge < -0.3 is 20.5 Å². The van der Waals surface area contributed by atoms with Crippen molar-refractivity contribution in [2.24, 2.45) is 5.92 Å². The molecule has 0 radical (unpaired) electrons. The molecule has 1 heterocycles. The van der Waals surface area contributed by atoms with Crippen molar-refractivity contribution in [3.8, 4) is 0 Å². The Morgan fingerprint density at radius 3 is 2.60 bits per heavy atom. The van der Waals surface area contributed by atoms with Gasteiger partial charge in [0.05, 0.1) is 0 Å². The van der Waals surface area contributed by atoms with Gasteiger partial charge in [-0.1, -0.05) is 13.8 Å². The molecular formula is C14H26N4O2. The number of aromatic nitrogens is 2. The van der Waals surface area contributed by atoms with Crippen molar-refractivity contribution >= 4 is 11.6 Å². The number of nitrogens with zero attached hydrogens (tertiary/aromatic N) is 2. The summed E-state index contributed by atoms with van der Waals surface area (Å²) in [6.45, 7) is 7.51. The van der Waals surface area contributed by atoms with Gasteiger partial charge in [-0.15, -0.1) is 0 Å². The Morgan fingerprint density at radius 2 is 2.00 bits per heavy atom. The number of hydrogen-bond acceptors (Lipinski definition) is 6. The Hall–Kier alpha value is -1.40. The summed E-state index contributed by atoms with van der Waals surface area (Å²) in [6.07, 6.45) is 1.03. The van der Waals surface area contributed by atoms with Gasteiger partial charge in [-0.2, -0.15) is 0 Å². The molecule has 6 nitrogen and oxygen atoms in total. The molecule has 1 rings (SSSR count). The lowest BCUT2D eigenvalue weighted by Crippen LogP contribution is -2.27. The smallest absolute Gasteiger partial charge is 0.158 e. The lowest BCUT2D eigenvalue weighted by atomic mass is 10.1. The molecule has 0 saturated carbocycles. The minimum Gasteiger partial charge on any atom is -0.396 e. The van der Waals surface area contributed by atoms with E-state index < -0.39 is 0 Å². The third-order valence-corrected chi connectivity index (χ3v) is 3.12. The molecular weight excluding hydrogens is 256 g/mol. The molecule has 0 aliphatic carbocycles. The van der Waals surface area contributed by atoms with E-state index in [1.54, 1.807) is 7.11 Å². The summed E-state index contributed by atoms with van der Waals surface area (Å²) in [7, 11) is 1.62. The number of hydrogen-bond donors (Lipinski definition) is 3. The predicted molar refractivity (Wildman–Crippen MR) is 80.9 cm³/mol. The molecule has 0 fully saturated rings. The fourth-order valence-corrected chi connectivity index (χ4v) is 1.64. The molecule has 3 N–H and O–H groups in total. The molecule has 2 atom stereocenters. The third kappa shape index (κ3) is 5.30. The molecule has 0 aliphatic heterocycles. The summed E-state index contributed by atoms with van der Waals surface area (Å²) in [5, 5.41) is 15.7. The van der Waals surface area contributed by atoms with Crippen LogP contribution in [0.1, 0.15) is 33.0 Å². The summed E-state index contributed by atoms with van der Waals surface area (Å²) in [5.74, 6) is 2.33. The molecule has 1 aromatic rings. The van der Waals surface area contributed by atoms with Crippen LogP contribution in [0.2, 0.25) is 0 Å². The molecule has 114 valence electrons. The van der Waals surface area contributed by atoms with Gasteiger partial charge in [0, 0.05) is 32.4 Å². The normalized spacial score (nSPS) is 13.8. The van der Waals surface area contributed by atoms with Gasteiger partial charge in [0.1, 0.15) is 18.2 Å². The number of anilines is 2. The SMILES string of the molecule is CCCNc1cc(NC(C)C(C)CO)nc(COC)n1. The van der Waals surface area contributed by atoms with Crippen molar-refractivity contribution in [1.29, 1.82) is 0 Å². The standard InChI is InChI=1S/C14H26N4O2/c1-5-6-15-12-7-13(16-11(3)10(2)8-19)18-14(17-12)9-20-4/h7,10-11,19H,5-6,8-9H2,1-4H3,(H2,15,16,17,18). The number of nitrogens with one attached hydrogen (secondary N) is 2. The Balaban J connectivity index is 2.84. The first-order valence-corrected chi connectivity index (χ1v) is 7.08. The molecule has 0 aromatic carbocycles. The monoisotopic (exact) mass is 282 g/mol. The molecule has 0 aliphatic rings. The van der Waals surface area contributed by atoms with Crippen molar-refractivity contribution in [2.45, 2.75) is 39.8 Å². The van der Waals surface area contributed by atoms with E-state index in [4.69, 9.17) is 4.74 Å². The van der Waals surface area contributed by atoms with E-state index in [0.717, 1.165) is 24.6 Å². The summed E-state index contributed by atoms with van der Waals surface area (Å²) >= 11 is 0. The highest BCUT2D eigenvalue weighted by Crippen LogP contribution is 2.15. The van der Waals surface area contributed by atoms with Gasteiger partial charge in [0.25, 0.3) is 0 Å². The molecule has 20 heavy (non-hydrogen) atoms. The number of methoxy groups -OCH3 is 1. The molecule has 0 amide bonds. The predicted octanol–water partition coefficient (Wildman–Crippen LogP) is 1.87. The molecule has 0 saturated heterocycles. The zero-order chi connectivity index (χ0) is 15.0. The van der Waals surface area contributed by atoms with Crippen molar-refractivity contribution in [1.82, 2.24) is 9.97 Å². The van der Waals surface area contributed by atoms with Crippen LogP contribution in [0.3, 0.4) is 0 Å². The molecule has 6 heteroatoms. The summed E-state index contributed by atoms with van der Waals surface area (Å²) < 4.78 is 5.10. The molecule has 0 spiro atoms. The van der Waals surface area contributed by atoms with Crippen LogP contribution in [-0.2, 0) is 11.3 Å². The molecule has 1 aromatic heterocycles. The molecule has 0 bridgehead atoms. The van der Waals surface area contributed by atoms with E-state index in [9.17, 15) is 5.11 Å². The van der Waals surface area contributed by atoms with Crippen LogP contribution < -0.4 is 10.6 Å². The minimum absolute atomic E-state index is 0.129. The number of aliphatic hydroxyl groups excluding tert-OH is 1. The van der Waals surface area contributed by atoms with Crippen LogP contribution in [0, 0.1) is 5.92 Å². The summed E-state index contributed by atoms with van der Waals surface area (Å²) in [6, 6.07) is 2.01. The maximum atomic E-state index is 9.19. The van der Waals surface area contributed by atoms with Crippen LogP contribution >= 0.6 is 0 Å². The second-order valence-corrected chi connectivity index (χ2v) is 5.01. The third-order valence-electron chi connectivity index (χ3n) is 3.12. The van der Waals surface area contributed by atoms with Gasteiger partial charge in [-0.25, -0.2) is 9.97 Å². The van der Waals surface area contributed by atoms with Crippen molar-refractivity contribution in [2.75, 3.05) is 30.9 Å². The lowest BCUT2D eigenvalue weighted by Gasteiger charge is -2.20. The minimum atomic E-state index is 0.129. The van der Waals surface area contributed by atoms with E-state index >= 15 is 0 Å². The summed E-state index contributed by atoms with van der Waals surface area (Å²) in [5.41, 5.74) is 0. The van der Waals surface area contributed by atoms with E-state index in [1.807, 2.05) is 19.9 Å². The highest BCUT2D eigenvalue weighted by molar-refractivity contribution is 5.48. The first-order chi connectivity index (χ1) is 9.60. The van der Waals surface area contributed by atoms with Gasteiger partial charge in [0.15, 0.2) is 5.82 Å². The Labute approximate surface area is 121 Å². The highest BCUT2D eigenvalue weighted by Gasteiger charge is 2.13. The van der Waals surface area contributed by atoms with E-state index in [-0.39, 0.29) is 18.6 Å². The topological polar surface area (TPSA) is 79.3 Å². The quantitative estimate of drug-likeness (QED) is 0.642. The largest absolute Gasteiger partial charge is 0.396 e. The van der Waals surface area contributed by atoms with Gasteiger partial charge in [0.2, 0.25) is 0 Å². The van der Waals surface area contributed by atoms with Crippen LogP contribution in [-0.4, -0.2) is 41.4 Å². The second-order valence-electron chi connectivity index (χ2n) is 5.01.